The van der Waals surface area contributed by atoms with Crippen molar-refractivity contribution in [2.75, 3.05) is 19.7 Å². The van der Waals surface area contributed by atoms with Crippen LogP contribution in [0.1, 0.15) is 23.9 Å². The molecular formula is C13H21N3O3. The van der Waals surface area contributed by atoms with E-state index in [1.165, 1.54) is 6.92 Å². The van der Waals surface area contributed by atoms with Crippen LogP contribution in [0.15, 0.2) is 4.52 Å². The van der Waals surface area contributed by atoms with Gasteiger partial charge >= 0.3 is 0 Å². The van der Waals surface area contributed by atoms with Crippen LogP contribution in [0.25, 0.3) is 0 Å². The Hall–Kier alpha value is -1.40. The fourth-order valence-corrected chi connectivity index (χ4v) is 2.65. The number of aryl methyl sites for hydroxylation is 2. The molecule has 6 heteroatoms. The molecule has 1 saturated heterocycles. The van der Waals surface area contributed by atoms with Crippen LogP contribution in [-0.2, 0) is 11.3 Å². The average molecular weight is 267 g/mol. The lowest BCUT2D eigenvalue weighted by Crippen LogP contribution is -2.40. The van der Waals surface area contributed by atoms with Crippen molar-refractivity contribution in [3.8, 4) is 0 Å². The number of aromatic nitrogens is 1. The maximum atomic E-state index is 11.2. The second-order valence-corrected chi connectivity index (χ2v) is 5.25. The van der Waals surface area contributed by atoms with E-state index in [-0.39, 0.29) is 24.5 Å². The molecule has 2 heterocycles. The molecule has 0 unspecified atom stereocenters. The van der Waals surface area contributed by atoms with Crippen LogP contribution in [0.3, 0.4) is 0 Å². The highest BCUT2D eigenvalue weighted by atomic mass is 16.5. The first-order valence-corrected chi connectivity index (χ1v) is 6.53. The summed E-state index contributed by atoms with van der Waals surface area (Å²) in [5.41, 5.74) is 2.00. The zero-order valence-corrected chi connectivity index (χ0v) is 11.6. The van der Waals surface area contributed by atoms with Gasteiger partial charge in [-0.25, -0.2) is 0 Å². The van der Waals surface area contributed by atoms with E-state index in [9.17, 15) is 9.90 Å². The second-order valence-electron chi connectivity index (χ2n) is 5.25. The first kappa shape index (κ1) is 14.0. The minimum absolute atomic E-state index is 0.0166. The number of nitrogens with zero attached hydrogens (tertiary/aromatic N) is 2. The molecule has 0 bridgehead atoms. The Kier molecular flexibility index (Phi) is 4.21. The van der Waals surface area contributed by atoms with Gasteiger partial charge in [0.2, 0.25) is 5.91 Å². The van der Waals surface area contributed by atoms with Crippen molar-refractivity contribution in [3.05, 3.63) is 17.0 Å². The van der Waals surface area contributed by atoms with E-state index in [0.29, 0.717) is 0 Å². The molecule has 2 rings (SSSR count). The standard InChI is InChI=1S/C13H21N3O3/c1-8-12(9(2)19-15-8)5-16-4-11(7-17)13(6-16)14-10(3)18/h11,13,17H,4-7H2,1-3H3,(H,14,18)/t11-,13+/m0/s1. The highest BCUT2D eigenvalue weighted by molar-refractivity contribution is 5.73. The van der Waals surface area contributed by atoms with E-state index in [0.717, 1.165) is 36.7 Å². The third-order valence-corrected chi connectivity index (χ3v) is 3.70. The molecule has 106 valence electrons. The first-order chi connectivity index (χ1) is 9.01. The van der Waals surface area contributed by atoms with E-state index in [4.69, 9.17) is 4.52 Å². The summed E-state index contributed by atoms with van der Waals surface area (Å²) in [6, 6.07) is 0.0166. The molecule has 0 radical (unpaired) electrons. The first-order valence-electron chi connectivity index (χ1n) is 6.53. The van der Waals surface area contributed by atoms with Crippen molar-refractivity contribution >= 4 is 5.91 Å². The van der Waals surface area contributed by atoms with Gasteiger partial charge in [-0.3, -0.25) is 9.69 Å². The van der Waals surface area contributed by atoms with Crippen molar-refractivity contribution in [2.45, 2.75) is 33.4 Å². The second kappa shape index (κ2) is 5.71. The zero-order chi connectivity index (χ0) is 14.0. The Balaban J connectivity index is 2.01. The van der Waals surface area contributed by atoms with Gasteiger partial charge in [0.25, 0.3) is 0 Å². The summed E-state index contributed by atoms with van der Waals surface area (Å²) in [6.45, 7) is 7.68. The molecule has 0 spiro atoms. The predicted octanol–water partition coefficient (Wildman–Crippen LogP) is 0.220. The number of hydrogen-bond acceptors (Lipinski definition) is 5. The average Bonchev–Trinajstić information content (AvgIpc) is 2.86. The summed E-state index contributed by atoms with van der Waals surface area (Å²) in [4.78, 5) is 13.4. The van der Waals surface area contributed by atoms with Gasteiger partial charge in [0, 0.05) is 50.7 Å². The predicted molar refractivity (Wildman–Crippen MR) is 69.4 cm³/mol. The monoisotopic (exact) mass is 267 g/mol. The molecule has 1 aliphatic rings. The number of carbonyl (C=O) groups excluding carboxylic acids is 1. The van der Waals surface area contributed by atoms with Crippen LogP contribution in [0.2, 0.25) is 0 Å². The van der Waals surface area contributed by atoms with E-state index >= 15 is 0 Å². The van der Waals surface area contributed by atoms with Crippen LogP contribution in [0.5, 0.6) is 0 Å². The van der Waals surface area contributed by atoms with Crippen molar-refractivity contribution in [1.82, 2.24) is 15.4 Å². The molecule has 19 heavy (non-hydrogen) atoms. The van der Waals surface area contributed by atoms with Crippen molar-refractivity contribution in [2.24, 2.45) is 5.92 Å². The lowest BCUT2D eigenvalue weighted by Gasteiger charge is -2.16. The number of hydrogen-bond donors (Lipinski definition) is 2. The number of nitrogens with one attached hydrogen (secondary N) is 1. The number of aliphatic hydroxyl groups excluding tert-OH is 1. The molecule has 1 amide bonds. The minimum atomic E-state index is -0.0531. The van der Waals surface area contributed by atoms with Crippen molar-refractivity contribution < 1.29 is 14.4 Å². The number of carbonyl (C=O) groups is 1. The van der Waals surface area contributed by atoms with Crippen LogP contribution < -0.4 is 5.32 Å². The fourth-order valence-electron chi connectivity index (χ4n) is 2.65. The Morgan fingerprint density at radius 2 is 2.26 bits per heavy atom. The molecule has 2 atom stereocenters. The number of rotatable bonds is 4. The molecule has 6 nitrogen and oxygen atoms in total. The van der Waals surface area contributed by atoms with Gasteiger partial charge in [-0.1, -0.05) is 5.16 Å². The minimum Gasteiger partial charge on any atom is -0.396 e. The summed E-state index contributed by atoms with van der Waals surface area (Å²) in [5.74, 6) is 0.869. The lowest BCUT2D eigenvalue weighted by atomic mass is 10.1. The molecule has 1 aliphatic heterocycles. The molecule has 1 aromatic rings. The molecular weight excluding hydrogens is 246 g/mol. The number of likely N-dealkylation sites (tertiary alicyclic amines) is 1. The van der Waals surface area contributed by atoms with Gasteiger partial charge in [0.05, 0.1) is 5.69 Å². The van der Waals surface area contributed by atoms with Gasteiger partial charge in [0.15, 0.2) is 0 Å². The number of amides is 1. The molecule has 1 aromatic heterocycles. The molecule has 0 saturated carbocycles. The summed E-state index contributed by atoms with van der Waals surface area (Å²) >= 11 is 0. The normalized spacial score (nSPS) is 23.8. The SMILES string of the molecule is CC(=O)N[C@@H]1CN(Cc2c(C)noc2C)C[C@H]1CO. The van der Waals surface area contributed by atoms with Gasteiger partial charge in [0.1, 0.15) is 5.76 Å². The van der Waals surface area contributed by atoms with Crippen LogP contribution in [0.4, 0.5) is 0 Å². The summed E-state index contributed by atoms with van der Waals surface area (Å²) < 4.78 is 5.15. The summed E-state index contributed by atoms with van der Waals surface area (Å²) in [5, 5.41) is 16.2. The summed E-state index contributed by atoms with van der Waals surface area (Å²) in [7, 11) is 0. The van der Waals surface area contributed by atoms with Gasteiger partial charge in [-0.15, -0.1) is 0 Å². The quantitative estimate of drug-likeness (QED) is 0.816. The van der Waals surface area contributed by atoms with Gasteiger partial charge in [-0.2, -0.15) is 0 Å². The van der Waals surface area contributed by atoms with E-state index in [1.807, 2.05) is 13.8 Å². The number of aliphatic hydroxyl groups is 1. The van der Waals surface area contributed by atoms with Crippen LogP contribution >= 0.6 is 0 Å². The Labute approximate surface area is 112 Å². The molecule has 1 fully saturated rings. The van der Waals surface area contributed by atoms with Crippen LogP contribution in [-0.4, -0.2) is 46.8 Å². The summed E-state index contributed by atoms with van der Waals surface area (Å²) in [6.07, 6.45) is 0. The Morgan fingerprint density at radius 3 is 2.79 bits per heavy atom. The highest BCUT2D eigenvalue weighted by Crippen LogP contribution is 2.22. The van der Waals surface area contributed by atoms with E-state index < -0.39 is 0 Å². The third-order valence-electron chi connectivity index (χ3n) is 3.70. The van der Waals surface area contributed by atoms with E-state index in [1.54, 1.807) is 0 Å². The van der Waals surface area contributed by atoms with Gasteiger partial charge < -0.3 is 14.9 Å². The largest absolute Gasteiger partial charge is 0.396 e. The Bertz CT molecular complexity index is 438. The maximum Gasteiger partial charge on any atom is 0.217 e. The maximum absolute atomic E-state index is 11.2. The lowest BCUT2D eigenvalue weighted by molar-refractivity contribution is -0.119. The molecule has 2 N–H and O–H groups in total. The van der Waals surface area contributed by atoms with Crippen LogP contribution in [0, 0.1) is 19.8 Å². The smallest absolute Gasteiger partial charge is 0.217 e. The molecule has 0 aromatic carbocycles. The fraction of sp³-hybridized carbons (Fsp3) is 0.692. The van der Waals surface area contributed by atoms with Crippen molar-refractivity contribution in [3.63, 3.8) is 0 Å². The van der Waals surface area contributed by atoms with E-state index in [2.05, 4.69) is 15.4 Å². The third kappa shape index (κ3) is 3.13. The van der Waals surface area contributed by atoms with Crippen molar-refractivity contribution in [1.29, 1.82) is 0 Å². The van der Waals surface area contributed by atoms with Gasteiger partial charge in [-0.05, 0) is 13.8 Å². The molecule has 0 aliphatic carbocycles. The topological polar surface area (TPSA) is 78.6 Å². The zero-order valence-electron chi connectivity index (χ0n) is 11.6. The highest BCUT2D eigenvalue weighted by Gasteiger charge is 2.33. The Morgan fingerprint density at radius 1 is 1.53 bits per heavy atom.